The highest BCUT2D eigenvalue weighted by molar-refractivity contribution is 5.42. The number of aromatic nitrogens is 1. The van der Waals surface area contributed by atoms with Gasteiger partial charge >= 0.3 is 0 Å². The third-order valence-corrected chi connectivity index (χ3v) is 2.03. The van der Waals surface area contributed by atoms with Crippen molar-refractivity contribution in [3.8, 4) is 0 Å². The SMILES string of the molecule is CCCNCCNc1ncccc1C. The van der Waals surface area contributed by atoms with E-state index in [4.69, 9.17) is 0 Å². The summed E-state index contributed by atoms with van der Waals surface area (Å²) >= 11 is 0. The molecule has 0 atom stereocenters. The van der Waals surface area contributed by atoms with Gasteiger partial charge in [-0.25, -0.2) is 4.98 Å². The Kier molecular flexibility index (Phi) is 5.00. The van der Waals surface area contributed by atoms with Crippen LogP contribution < -0.4 is 10.6 Å². The average Bonchev–Trinajstić information content (AvgIpc) is 2.20. The molecule has 2 N–H and O–H groups in total. The maximum atomic E-state index is 4.26. The number of hydrogen-bond acceptors (Lipinski definition) is 3. The van der Waals surface area contributed by atoms with Crippen molar-refractivity contribution >= 4 is 5.82 Å². The van der Waals surface area contributed by atoms with Gasteiger partial charge in [-0.05, 0) is 31.5 Å². The molecule has 0 aliphatic carbocycles. The molecule has 1 aromatic rings. The van der Waals surface area contributed by atoms with Gasteiger partial charge in [-0.15, -0.1) is 0 Å². The van der Waals surface area contributed by atoms with E-state index < -0.39 is 0 Å². The van der Waals surface area contributed by atoms with E-state index in [0.717, 1.165) is 25.5 Å². The molecule has 0 saturated carbocycles. The largest absolute Gasteiger partial charge is 0.369 e. The summed E-state index contributed by atoms with van der Waals surface area (Å²) in [6, 6.07) is 4.02. The summed E-state index contributed by atoms with van der Waals surface area (Å²) < 4.78 is 0. The van der Waals surface area contributed by atoms with Crippen molar-refractivity contribution in [3.05, 3.63) is 23.9 Å². The highest BCUT2D eigenvalue weighted by atomic mass is 15.0. The third kappa shape index (κ3) is 3.75. The molecule has 3 nitrogen and oxygen atoms in total. The minimum atomic E-state index is 0.928. The lowest BCUT2D eigenvalue weighted by Gasteiger charge is -2.08. The van der Waals surface area contributed by atoms with Crippen LogP contribution in [0.5, 0.6) is 0 Å². The second-order valence-electron chi connectivity index (χ2n) is 3.35. The lowest BCUT2D eigenvalue weighted by molar-refractivity contribution is 0.687. The first-order chi connectivity index (χ1) is 6.84. The Labute approximate surface area is 85.9 Å². The van der Waals surface area contributed by atoms with Gasteiger partial charge in [0.2, 0.25) is 0 Å². The molecule has 0 amide bonds. The topological polar surface area (TPSA) is 37.0 Å². The molecule has 1 heterocycles. The Morgan fingerprint density at radius 1 is 1.29 bits per heavy atom. The van der Waals surface area contributed by atoms with E-state index in [1.807, 2.05) is 12.3 Å². The van der Waals surface area contributed by atoms with Crippen molar-refractivity contribution in [1.29, 1.82) is 0 Å². The van der Waals surface area contributed by atoms with Gasteiger partial charge < -0.3 is 10.6 Å². The van der Waals surface area contributed by atoms with Gasteiger partial charge in [-0.3, -0.25) is 0 Å². The number of anilines is 1. The molecule has 1 rings (SSSR count). The normalized spacial score (nSPS) is 10.1. The fourth-order valence-electron chi connectivity index (χ4n) is 1.24. The lowest BCUT2D eigenvalue weighted by Crippen LogP contribution is -2.23. The summed E-state index contributed by atoms with van der Waals surface area (Å²) in [5.74, 6) is 0.991. The van der Waals surface area contributed by atoms with E-state index in [0.29, 0.717) is 0 Å². The molecule has 0 spiro atoms. The summed E-state index contributed by atoms with van der Waals surface area (Å²) in [6.45, 7) is 7.24. The van der Waals surface area contributed by atoms with Gasteiger partial charge in [0.15, 0.2) is 0 Å². The Hall–Kier alpha value is -1.09. The van der Waals surface area contributed by atoms with Crippen LogP contribution >= 0.6 is 0 Å². The number of hydrogen-bond donors (Lipinski definition) is 2. The van der Waals surface area contributed by atoms with E-state index in [2.05, 4.69) is 35.5 Å². The fourth-order valence-corrected chi connectivity index (χ4v) is 1.24. The minimum Gasteiger partial charge on any atom is -0.369 e. The van der Waals surface area contributed by atoms with Crippen LogP contribution in [0.4, 0.5) is 5.82 Å². The predicted molar refractivity (Wildman–Crippen MR) is 60.6 cm³/mol. The maximum Gasteiger partial charge on any atom is 0.128 e. The van der Waals surface area contributed by atoms with Gasteiger partial charge in [0, 0.05) is 19.3 Å². The number of nitrogens with one attached hydrogen (secondary N) is 2. The van der Waals surface area contributed by atoms with Gasteiger partial charge in [0.05, 0.1) is 0 Å². The smallest absolute Gasteiger partial charge is 0.128 e. The molecule has 0 aliphatic rings. The zero-order chi connectivity index (χ0) is 10.2. The van der Waals surface area contributed by atoms with Crippen LogP contribution in [0.25, 0.3) is 0 Å². The molecule has 1 aromatic heterocycles. The lowest BCUT2D eigenvalue weighted by atomic mass is 10.3. The van der Waals surface area contributed by atoms with Gasteiger partial charge in [-0.1, -0.05) is 13.0 Å². The van der Waals surface area contributed by atoms with Crippen molar-refractivity contribution in [1.82, 2.24) is 10.3 Å². The Bertz CT molecular complexity index is 260. The van der Waals surface area contributed by atoms with Crippen molar-refractivity contribution in [2.75, 3.05) is 25.0 Å². The second-order valence-corrected chi connectivity index (χ2v) is 3.35. The summed E-state index contributed by atoms with van der Waals surface area (Å²) in [5, 5.41) is 6.63. The molecule has 14 heavy (non-hydrogen) atoms. The van der Waals surface area contributed by atoms with Crippen LogP contribution in [0.3, 0.4) is 0 Å². The van der Waals surface area contributed by atoms with E-state index >= 15 is 0 Å². The number of pyridine rings is 1. The highest BCUT2D eigenvalue weighted by Gasteiger charge is 1.95. The van der Waals surface area contributed by atoms with E-state index in [1.165, 1.54) is 12.0 Å². The zero-order valence-corrected chi connectivity index (χ0v) is 9.01. The van der Waals surface area contributed by atoms with E-state index in [9.17, 15) is 0 Å². The molecule has 0 unspecified atom stereocenters. The van der Waals surface area contributed by atoms with Crippen molar-refractivity contribution in [2.45, 2.75) is 20.3 Å². The standard InChI is InChI=1S/C11H19N3/c1-3-6-12-8-9-14-11-10(2)5-4-7-13-11/h4-5,7,12H,3,6,8-9H2,1-2H3,(H,13,14). The minimum absolute atomic E-state index is 0.928. The molecule has 0 fully saturated rings. The molecule has 0 saturated heterocycles. The zero-order valence-electron chi connectivity index (χ0n) is 9.01. The first kappa shape index (κ1) is 11.0. The third-order valence-electron chi connectivity index (χ3n) is 2.03. The quantitative estimate of drug-likeness (QED) is 0.676. The van der Waals surface area contributed by atoms with Crippen molar-refractivity contribution in [2.24, 2.45) is 0 Å². The number of nitrogens with zero attached hydrogens (tertiary/aromatic N) is 1. The van der Waals surface area contributed by atoms with Gasteiger partial charge in [0.25, 0.3) is 0 Å². The summed E-state index contributed by atoms with van der Waals surface area (Å²) in [6.07, 6.45) is 3.00. The molecule has 0 aliphatic heterocycles. The first-order valence-corrected chi connectivity index (χ1v) is 5.20. The number of aryl methyl sites for hydroxylation is 1. The Balaban J connectivity index is 2.21. The van der Waals surface area contributed by atoms with Crippen LogP contribution in [0, 0.1) is 6.92 Å². The maximum absolute atomic E-state index is 4.26. The van der Waals surface area contributed by atoms with Crippen LogP contribution in [0.15, 0.2) is 18.3 Å². The van der Waals surface area contributed by atoms with E-state index in [-0.39, 0.29) is 0 Å². The van der Waals surface area contributed by atoms with Crippen molar-refractivity contribution < 1.29 is 0 Å². The van der Waals surface area contributed by atoms with Crippen LogP contribution in [-0.2, 0) is 0 Å². The molecule has 3 heteroatoms. The van der Waals surface area contributed by atoms with E-state index in [1.54, 1.807) is 0 Å². The average molecular weight is 193 g/mol. The first-order valence-electron chi connectivity index (χ1n) is 5.20. The summed E-state index contributed by atoms with van der Waals surface area (Å²) in [7, 11) is 0. The molecular weight excluding hydrogens is 174 g/mol. The van der Waals surface area contributed by atoms with Gasteiger partial charge in [-0.2, -0.15) is 0 Å². The van der Waals surface area contributed by atoms with Crippen molar-refractivity contribution in [3.63, 3.8) is 0 Å². The molecule has 0 radical (unpaired) electrons. The molecular formula is C11H19N3. The van der Waals surface area contributed by atoms with Crippen LogP contribution in [0.1, 0.15) is 18.9 Å². The predicted octanol–water partition coefficient (Wildman–Crippen LogP) is 1.80. The Morgan fingerprint density at radius 2 is 2.14 bits per heavy atom. The van der Waals surface area contributed by atoms with Crippen LogP contribution in [-0.4, -0.2) is 24.6 Å². The highest BCUT2D eigenvalue weighted by Crippen LogP contribution is 2.07. The number of rotatable bonds is 6. The summed E-state index contributed by atoms with van der Waals surface area (Å²) in [5.41, 5.74) is 1.20. The van der Waals surface area contributed by atoms with Gasteiger partial charge in [0.1, 0.15) is 5.82 Å². The fraction of sp³-hybridized carbons (Fsp3) is 0.545. The molecule has 0 aromatic carbocycles. The molecule has 0 bridgehead atoms. The second kappa shape index (κ2) is 6.38. The Morgan fingerprint density at radius 3 is 2.86 bits per heavy atom. The summed E-state index contributed by atoms with van der Waals surface area (Å²) in [4.78, 5) is 4.26. The molecule has 78 valence electrons. The van der Waals surface area contributed by atoms with Crippen LogP contribution in [0.2, 0.25) is 0 Å². The monoisotopic (exact) mass is 193 g/mol.